The highest BCUT2D eigenvalue weighted by Gasteiger charge is 2.37. The maximum atomic E-state index is 12.3. The van der Waals surface area contributed by atoms with Crippen molar-refractivity contribution in [3.63, 3.8) is 0 Å². The lowest BCUT2D eigenvalue weighted by Crippen LogP contribution is -2.37. The Balaban J connectivity index is 0.00000220. The molecule has 2 rings (SSSR count). The second kappa shape index (κ2) is 8.18. The van der Waals surface area contributed by atoms with Gasteiger partial charge in [-0.15, -0.1) is 12.4 Å². The molecule has 116 valence electrons. The van der Waals surface area contributed by atoms with Gasteiger partial charge in [0.25, 0.3) is 11.8 Å². The van der Waals surface area contributed by atoms with Crippen LogP contribution in [0.25, 0.3) is 0 Å². The van der Waals surface area contributed by atoms with E-state index in [1.165, 1.54) is 30.6 Å². The zero-order valence-electron chi connectivity index (χ0n) is 12.8. The van der Waals surface area contributed by atoms with Crippen molar-refractivity contribution < 1.29 is 9.59 Å². The number of halogens is 1. The molecule has 0 aromatic heterocycles. The number of carbonyl (C=O) groups excluding carboxylic acids is 2. The van der Waals surface area contributed by atoms with Gasteiger partial charge >= 0.3 is 0 Å². The van der Waals surface area contributed by atoms with Crippen LogP contribution in [-0.4, -0.2) is 22.8 Å². The summed E-state index contributed by atoms with van der Waals surface area (Å²) in [6.07, 6.45) is 6.89. The molecule has 1 unspecified atom stereocenters. The molecule has 1 atom stereocenters. The lowest BCUT2D eigenvalue weighted by Gasteiger charge is -2.22. The molecule has 0 saturated carbocycles. The van der Waals surface area contributed by atoms with E-state index in [0.717, 1.165) is 12.8 Å². The van der Waals surface area contributed by atoms with Crippen molar-refractivity contribution in [2.45, 2.75) is 58.4 Å². The van der Waals surface area contributed by atoms with Crippen molar-refractivity contribution in [3.8, 4) is 0 Å². The molecule has 1 aromatic carbocycles. The Hall–Kier alpha value is -1.35. The molecule has 4 heteroatoms. The zero-order valence-corrected chi connectivity index (χ0v) is 13.6. The van der Waals surface area contributed by atoms with Crippen LogP contribution in [0.4, 0.5) is 0 Å². The summed E-state index contributed by atoms with van der Waals surface area (Å²) in [5.41, 5.74) is 1.10. The molecule has 0 bridgehead atoms. The minimum absolute atomic E-state index is 0. The first-order valence-electron chi connectivity index (χ1n) is 7.63. The number of hydrogen-bond donors (Lipinski definition) is 0. The normalized spacial score (nSPS) is 14.9. The summed E-state index contributed by atoms with van der Waals surface area (Å²) in [5, 5.41) is 0. The second-order valence-corrected chi connectivity index (χ2v) is 5.58. The largest absolute Gasteiger partial charge is 0.272 e. The van der Waals surface area contributed by atoms with Gasteiger partial charge in [-0.3, -0.25) is 14.5 Å². The first-order chi connectivity index (χ1) is 9.66. The van der Waals surface area contributed by atoms with E-state index in [4.69, 9.17) is 0 Å². The molecule has 1 aromatic rings. The summed E-state index contributed by atoms with van der Waals surface area (Å²) < 4.78 is 0. The van der Waals surface area contributed by atoms with Crippen LogP contribution in [0.5, 0.6) is 0 Å². The van der Waals surface area contributed by atoms with Gasteiger partial charge < -0.3 is 0 Å². The predicted molar refractivity (Wildman–Crippen MR) is 87.0 cm³/mol. The summed E-state index contributed by atoms with van der Waals surface area (Å²) in [6.45, 7) is 4.17. The molecular formula is C17H24ClNO2. The monoisotopic (exact) mass is 309 g/mol. The standard InChI is InChI=1S/C17H23NO2.ClH/c1-3-4-5-6-7-10-13(2)18-16(19)14-11-8-9-12-15(14)17(18)20;/h8-9,11-13H,3-7,10H2,1-2H3;1H. The predicted octanol–water partition coefficient (Wildman–Crippen LogP) is 4.45. The average Bonchev–Trinajstić information content (AvgIpc) is 2.71. The third-order valence-electron chi connectivity index (χ3n) is 3.99. The smallest absolute Gasteiger partial charge is 0.261 e. The number of fused-ring (bicyclic) bond motifs is 1. The summed E-state index contributed by atoms with van der Waals surface area (Å²) >= 11 is 0. The Morgan fingerprint density at radius 1 is 0.952 bits per heavy atom. The van der Waals surface area contributed by atoms with Crippen molar-refractivity contribution in [1.82, 2.24) is 4.90 Å². The topological polar surface area (TPSA) is 37.4 Å². The SMILES string of the molecule is CCCCCCCC(C)N1C(=O)c2ccccc2C1=O.Cl. The Labute approximate surface area is 133 Å². The Morgan fingerprint density at radius 2 is 1.48 bits per heavy atom. The van der Waals surface area contributed by atoms with Gasteiger partial charge in [0, 0.05) is 6.04 Å². The van der Waals surface area contributed by atoms with Crippen molar-refractivity contribution in [3.05, 3.63) is 35.4 Å². The van der Waals surface area contributed by atoms with Crippen LogP contribution in [-0.2, 0) is 0 Å². The van der Waals surface area contributed by atoms with E-state index in [1.807, 2.05) is 19.1 Å². The minimum atomic E-state index is -0.133. The third-order valence-corrected chi connectivity index (χ3v) is 3.99. The Bertz CT molecular complexity index is 466. The molecule has 1 aliphatic rings. The molecule has 1 heterocycles. The summed E-state index contributed by atoms with van der Waals surface area (Å²) in [7, 11) is 0. The Kier molecular flexibility index (Phi) is 6.90. The third kappa shape index (κ3) is 3.85. The number of benzene rings is 1. The van der Waals surface area contributed by atoms with Crippen LogP contribution in [0.2, 0.25) is 0 Å². The summed E-state index contributed by atoms with van der Waals surface area (Å²) in [5.74, 6) is -0.265. The minimum Gasteiger partial charge on any atom is -0.272 e. The molecule has 0 fully saturated rings. The van der Waals surface area contributed by atoms with Crippen molar-refractivity contribution >= 4 is 24.2 Å². The van der Waals surface area contributed by atoms with E-state index in [1.54, 1.807) is 12.1 Å². The number of hydrogen-bond acceptors (Lipinski definition) is 2. The van der Waals surface area contributed by atoms with Crippen LogP contribution in [0.1, 0.15) is 73.1 Å². The van der Waals surface area contributed by atoms with E-state index in [9.17, 15) is 9.59 Å². The highest BCUT2D eigenvalue weighted by Crippen LogP contribution is 2.26. The number of rotatable bonds is 7. The van der Waals surface area contributed by atoms with Crippen molar-refractivity contribution in [2.24, 2.45) is 0 Å². The fourth-order valence-electron chi connectivity index (χ4n) is 2.78. The molecule has 2 amide bonds. The molecule has 0 N–H and O–H groups in total. The average molecular weight is 310 g/mol. The maximum absolute atomic E-state index is 12.3. The van der Waals surface area contributed by atoms with Gasteiger partial charge in [0.2, 0.25) is 0 Å². The molecule has 0 aliphatic carbocycles. The Morgan fingerprint density at radius 3 is 2.00 bits per heavy atom. The molecular weight excluding hydrogens is 286 g/mol. The van der Waals surface area contributed by atoms with Gasteiger partial charge in [0.05, 0.1) is 11.1 Å². The van der Waals surface area contributed by atoms with Crippen LogP contribution < -0.4 is 0 Å². The molecule has 1 aliphatic heterocycles. The van der Waals surface area contributed by atoms with Gasteiger partial charge in [-0.25, -0.2) is 0 Å². The van der Waals surface area contributed by atoms with Crippen LogP contribution >= 0.6 is 12.4 Å². The zero-order chi connectivity index (χ0) is 14.5. The van der Waals surface area contributed by atoms with Crippen LogP contribution in [0.3, 0.4) is 0 Å². The number of imide groups is 1. The van der Waals surface area contributed by atoms with E-state index in [-0.39, 0.29) is 30.3 Å². The van der Waals surface area contributed by atoms with Gasteiger partial charge in [0.15, 0.2) is 0 Å². The van der Waals surface area contributed by atoms with E-state index >= 15 is 0 Å². The fraction of sp³-hybridized carbons (Fsp3) is 0.529. The first kappa shape index (κ1) is 17.7. The highest BCUT2D eigenvalue weighted by atomic mass is 35.5. The molecule has 0 spiro atoms. The summed E-state index contributed by atoms with van der Waals surface area (Å²) in [4.78, 5) is 26.0. The van der Waals surface area contributed by atoms with Gasteiger partial charge in [-0.2, -0.15) is 0 Å². The van der Waals surface area contributed by atoms with Gasteiger partial charge in [-0.05, 0) is 25.5 Å². The molecule has 0 saturated heterocycles. The lowest BCUT2D eigenvalue weighted by atomic mass is 10.1. The van der Waals surface area contributed by atoms with Gasteiger partial charge in [-0.1, -0.05) is 51.2 Å². The second-order valence-electron chi connectivity index (χ2n) is 5.58. The van der Waals surface area contributed by atoms with E-state index in [0.29, 0.717) is 11.1 Å². The number of amides is 2. The number of carbonyl (C=O) groups is 2. The van der Waals surface area contributed by atoms with E-state index in [2.05, 4.69) is 6.92 Å². The van der Waals surface area contributed by atoms with Gasteiger partial charge in [0.1, 0.15) is 0 Å². The summed E-state index contributed by atoms with van der Waals surface area (Å²) in [6, 6.07) is 7.09. The van der Waals surface area contributed by atoms with E-state index < -0.39 is 0 Å². The lowest BCUT2D eigenvalue weighted by molar-refractivity contribution is 0.0588. The first-order valence-corrected chi connectivity index (χ1v) is 7.63. The van der Waals surface area contributed by atoms with Crippen LogP contribution in [0.15, 0.2) is 24.3 Å². The van der Waals surface area contributed by atoms with Crippen molar-refractivity contribution in [1.29, 1.82) is 0 Å². The molecule has 21 heavy (non-hydrogen) atoms. The fourth-order valence-corrected chi connectivity index (χ4v) is 2.78. The quantitative estimate of drug-likeness (QED) is 0.551. The molecule has 0 radical (unpaired) electrons. The highest BCUT2D eigenvalue weighted by molar-refractivity contribution is 6.21. The molecule has 3 nitrogen and oxygen atoms in total. The maximum Gasteiger partial charge on any atom is 0.261 e. The number of unbranched alkanes of at least 4 members (excludes halogenated alkanes) is 4. The number of nitrogens with zero attached hydrogens (tertiary/aromatic N) is 1. The van der Waals surface area contributed by atoms with Crippen LogP contribution in [0, 0.1) is 0 Å². The van der Waals surface area contributed by atoms with Crippen molar-refractivity contribution in [2.75, 3.05) is 0 Å².